The number of carbonyl (C=O) groups is 1. The summed E-state index contributed by atoms with van der Waals surface area (Å²) in [6.07, 6.45) is 5.40. The molecule has 2 bridgehead atoms. The standard InChI is InChI=1S/C14H16N2O2/c1-8(11-3-2-6-18-11)16-13-10-5-4-9(7-10)12(13)14(17)15-16/h2-3,6,9-10,12-13H,4-5,7H2,1H3/p+1/b16-8+/t9-,10+,12+,13-/m1/s1. The van der Waals surface area contributed by atoms with E-state index in [1.165, 1.54) is 19.3 Å². The molecule has 1 saturated heterocycles. The lowest BCUT2D eigenvalue weighted by molar-refractivity contribution is -0.603. The Labute approximate surface area is 106 Å². The van der Waals surface area contributed by atoms with Crippen LogP contribution in [0.2, 0.25) is 0 Å². The molecule has 4 heteroatoms. The quantitative estimate of drug-likeness (QED) is 0.763. The van der Waals surface area contributed by atoms with Crippen LogP contribution in [0.3, 0.4) is 0 Å². The predicted molar refractivity (Wildman–Crippen MR) is 65.0 cm³/mol. The zero-order valence-corrected chi connectivity index (χ0v) is 10.4. The normalized spacial score (nSPS) is 39.9. The Morgan fingerprint density at radius 2 is 2.28 bits per heavy atom. The molecule has 0 aromatic carbocycles. The Hall–Kier alpha value is -1.58. The van der Waals surface area contributed by atoms with Crippen molar-refractivity contribution in [1.29, 1.82) is 0 Å². The van der Waals surface area contributed by atoms with Crippen molar-refractivity contribution in [3.63, 3.8) is 0 Å². The van der Waals surface area contributed by atoms with Gasteiger partial charge >= 0.3 is 0 Å². The van der Waals surface area contributed by atoms with Crippen LogP contribution in [-0.2, 0) is 4.79 Å². The Kier molecular flexibility index (Phi) is 1.99. The van der Waals surface area contributed by atoms with Crippen LogP contribution in [0, 0.1) is 17.8 Å². The van der Waals surface area contributed by atoms with Crippen LogP contribution in [-0.4, -0.2) is 22.3 Å². The second-order valence-electron chi connectivity index (χ2n) is 5.76. The van der Waals surface area contributed by atoms with Crippen molar-refractivity contribution in [1.82, 2.24) is 5.43 Å². The van der Waals surface area contributed by atoms with E-state index in [4.69, 9.17) is 4.42 Å². The number of hydrogen-bond acceptors (Lipinski definition) is 2. The third kappa shape index (κ3) is 1.21. The maximum absolute atomic E-state index is 12.1. The van der Waals surface area contributed by atoms with Gasteiger partial charge in [-0.25, -0.2) is 0 Å². The van der Waals surface area contributed by atoms with Crippen molar-refractivity contribution in [2.45, 2.75) is 32.2 Å². The molecule has 0 spiro atoms. The minimum Gasteiger partial charge on any atom is -0.458 e. The fourth-order valence-electron chi connectivity index (χ4n) is 4.18. The number of fused-ring (bicyclic) bond motifs is 5. The largest absolute Gasteiger partial charge is 0.458 e. The molecule has 3 fully saturated rings. The summed E-state index contributed by atoms with van der Waals surface area (Å²) in [4.78, 5) is 12.1. The molecule has 4 atom stereocenters. The second kappa shape index (κ2) is 3.46. The highest BCUT2D eigenvalue weighted by molar-refractivity contribution is 5.93. The van der Waals surface area contributed by atoms with Crippen LogP contribution in [0.5, 0.6) is 0 Å². The van der Waals surface area contributed by atoms with E-state index in [9.17, 15) is 4.79 Å². The van der Waals surface area contributed by atoms with E-state index in [1.54, 1.807) is 6.26 Å². The minimum atomic E-state index is 0.202. The van der Waals surface area contributed by atoms with Gasteiger partial charge in [-0.3, -0.25) is 4.79 Å². The monoisotopic (exact) mass is 245 g/mol. The number of hydrazone groups is 1. The summed E-state index contributed by atoms with van der Waals surface area (Å²) in [7, 11) is 0. The lowest BCUT2D eigenvalue weighted by Gasteiger charge is -2.17. The van der Waals surface area contributed by atoms with Gasteiger partial charge in [-0.15, -0.1) is 10.1 Å². The fraction of sp³-hybridized carbons (Fsp3) is 0.571. The molecular formula is C14H17N2O2+. The van der Waals surface area contributed by atoms with Crippen LogP contribution in [0.4, 0.5) is 0 Å². The van der Waals surface area contributed by atoms with E-state index in [-0.39, 0.29) is 11.8 Å². The van der Waals surface area contributed by atoms with Gasteiger partial charge in [-0.1, -0.05) is 0 Å². The third-order valence-electron chi connectivity index (χ3n) is 4.94. The van der Waals surface area contributed by atoms with Gasteiger partial charge in [0, 0.05) is 12.8 Å². The first-order valence-electron chi connectivity index (χ1n) is 6.73. The minimum absolute atomic E-state index is 0.202. The van der Waals surface area contributed by atoms with Crippen molar-refractivity contribution in [2.24, 2.45) is 17.8 Å². The van der Waals surface area contributed by atoms with E-state index >= 15 is 0 Å². The molecule has 0 unspecified atom stereocenters. The molecule has 2 aliphatic carbocycles. The lowest BCUT2D eigenvalue weighted by atomic mass is 9.85. The number of hydrogen-bond donors (Lipinski definition) is 1. The third-order valence-corrected chi connectivity index (χ3v) is 4.94. The smallest absolute Gasteiger partial charge is 0.284 e. The van der Waals surface area contributed by atoms with Crippen LogP contribution in [0.15, 0.2) is 22.8 Å². The Balaban J connectivity index is 1.79. The van der Waals surface area contributed by atoms with Crippen molar-refractivity contribution in [3.8, 4) is 0 Å². The van der Waals surface area contributed by atoms with Gasteiger partial charge in [-0.05, 0) is 37.3 Å². The van der Waals surface area contributed by atoms with Gasteiger partial charge in [0.25, 0.3) is 5.91 Å². The van der Waals surface area contributed by atoms with E-state index in [0.29, 0.717) is 17.9 Å². The molecule has 1 aromatic heterocycles. The van der Waals surface area contributed by atoms with Crippen LogP contribution in [0.1, 0.15) is 31.9 Å². The lowest BCUT2D eigenvalue weighted by Crippen LogP contribution is -2.37. The fourth-order valence-corrected chi connectivity index (χ4v) is 4.18. The van der Waals surface area contributed by atoms with Crippen molar-refractivity contribution in [2.75, 3.05) is 0 Å². The maximum atomic E-state index is 12.1. The Morgan fingerprint density at radius 1 is 1.44 bits per heavy atom. The summed E-state index contributed by atoms with van der Waals surface area (Å²) in [6.45, 7) is 2.02. The second-order valence-corrected chi connectivity index (χ2v) is 5.76. The molecule has 1 aliphatic heterocycles. The first-order chi connectivity index (χ1) is 8.75. The van der Waals surface area contributed by atoms with Gasteiger partial charge < -0.3 is 4.42 Å². The number of nitrogens with zero attached hydrogens (tertiary/aromatic N) is 1. The highest BCUT2D eigenvalue weighted by Crippen LogP contribution is 2.51. The van der Waals surface area contributed by atoms with Crippen molar-refractivity contribution >= 4 is 11.6 Å². The van der Waals surface area contributed by atoms with Crippen LogP contribution >= 0.6 is 0 Å². The molecule has 2 saturated carbocycles. The number of furan rings is 1. The molecule has 1 aromatic rings. The molecule has 2 heterocycles. The summed E-state index contributed by atoms with van der Waals surface area (Å²) in [5.74, 6) is 2.53. The molecule has 3 aliphatic rings. The first kappa shape index (κ1) is 10.4. The van der Waals surface area contributed by atoms with Gasteiger partial charge in [0.2, 0.25) is 5.71 Å². The molecule has 1 N–H and O–H groups in total. The number of carbonyl (C=O) groups excluding carboxylic acids is 1. The van der Waals surface area contributed by atoms with Crippen molar-refractivity contribution < 1.29 is 13.9 Å². The predicted octanol–water partition coefficient (Wildman–Crippen LogP) is 1.56. The molecule has 4 rings (SSSR count). The Bertz CT molecular complexity index is 532. The topological polar surface area (TPSA) is 45.2 Å². The Morgan fingerprint density at radius 3 is 3.06 bits per heavy atom. The zero-order chi connectivity index (χ0) is 12.3. The molecule has 94 valence electrons. The highest BCUT2D eigenvalue weighted by atomic mass is 16.3. The van der Waals surface area contributed by atoms with Gasteiger partial charge in [0.05, 0.1) is 6.26 Å². The van der Waals surface area contributed by atoms with Crippen LogP contribution in [0.25, 0.3) is 0 Å². The van der Waals surface area contributed by atoms with E-state index < -0.39 is 0 Å². The number of amides is 1. The average Bonchev–Trinajstić information content (AvgIpc) is 3.11. The number of hydrazine groups is 1. The SMILES string of the molecule is C/C(c1ccco1)=[N+]1\NC(=O)[C@H]2[C@@H]3CC[C@@H](C3)[C@H]21. The summed E-state index contributed by atoms with van der Waals surface area (Å²) < 4.78 is 7.51. The zero-order valence-electron chi connectivity index (χ0n) is 10.4. The van der Waals surface area contributed by atoms with Gasteiger partial charge in [0.1, 0.15) is 5.92 Å². The summed E-state index contributed by atoms with van der Waals surface area (Å²) in [5.41, 5.74) is 4.06. The van der Waals surface area contributed by atoms with E-state index in [0.717, 1.165) is 11.5 Å². The van der Waals surface area contributed by atoms with Gasteiger partial charge in [-0.2, -0.15) is 0 Å². The van der Waals surface area contributed by atoms with Crippen LogP contribution < -0.4 is 5.43 Å². The average molecular weight is 245 g/mol. The first-order valence-corrected chi connectivity index (χ1v) is 6.73. The summed E-state index contributed by atoms with van der Waals surface area (Å²) in [5, 5.41) is 0. The maximum Gasteiger partial charge on any atom is 0.284 e. The number of rotatable bonds is 1. The summed E-state index contributed by atoms with van der Waals surface area (Å²) >= 11 is 0. The molecule has 0 radical (unpaired) electrons. The van der Waals surface area contributed by atoms with E-state index in [2.05, 4.69) is 10.1 Å². The number of nitrogens with one attached hydrogen (secondary N) is 1. The molecule has 4 nitrogen and oxygen atoms in total. The molecular weight excluding hydrogens is 228 g/mol. The molecule has 18 heavy (non-hydrogen) atoms. The summed E-state index contributed by atoms with van der Waals surface area (Å²) in [6, 6.07) is 4.18. The van der Waals surface area contributed by atoms with Crippen molar-refractivity contribution in [3.05, 3.63) is 24.2 Å². The van der Waals surface area contributed by atoms with Gasteiger partial charge in [0.15, 0.2) is 11.8 Å². The highest BCUT2D eigenvalue weighted by Gasteiger charge is 2.62. The van der Waals surface area contributed by atoms with E-state index in [1.807, 2.05) is 19.1 Å². The molecule has 1 amide bonds.